The maximum absolute atomic E-state index is 12.7. The standard InChI is InChI=1S/C24H20N4O2/c25-22(29)21-23(27-20(26-21)15-16-7-3-1-4-8-16)28-24(30)19-13-11-18(12-14-19)17-9-5-2-6-10-17/h1-14H,15H2,(H2,25,29)(H,26,27)(H,28,30). The van der Waals surface area contributed by atoms with Crippen LogP contribution in [0.5, 0.6) is 0 Å². The molecular formula is C24H20N4O2. The number of imidazole rings is 1. The van der Waals surface area contributed by atoms with E-state index in [9.17, 15) is 9.59 Å². The molecule has 30 heavy (non-hydrogen) atoms. The van der Waals surface area contributed by atoms with Gasteiger partial charge in [0.15, 0.2) is 5.69 Å². The van der Waals surface area contributed by atoms with Gasteiger partial charge in [-0.3, -0.25) is 9.59 Å². The molecule has 3 aromatic carbocycles. The fraction of sp³-hybridized carbons (Fsp3) is 0.0417. The summed E-state index contributed by atoms with van der Waals surface area (Å²) in [5.74, 6) is -0.317. The Kier molecular flexibility index (Phi) is 5.39. The number of benzene rings is 3. The van der Waals surface area contributed by atoms with Crippen LogP contribution in [0.4, 0.5) is 5.82 Å². The number of aromatic amines is 1. The smallest absolute Gasteiger partial charge is 0.271 e. The predicted molar refractivity (Wildman–Crippen MR) is 116 cm³/mol. The van der Waals surface area contributed by atoms with Gasteiger partial charge in [0.05, 0.1) is 0 Å². The highest BCUT2D eigenvalue weighted by Gasteiger charge is 2.18. The zero-order valence-electron chi connectivity index (χ0n) is 16.1. The number of aromatic nitrogens is 2. The molecule has 0 spiro atoms. The number of H-pyrrole nitrogens is 1. The van der Waals surface area contributed by atoms with Crippen LogP contribution in [0.1, 0.15) is 32.2 Å². The zero-order chi connectivity index (χ0) is 20.9. The van der Waals surface area contributed by atoms with Crippen molar-refractivity contribution in [2.75, 3.05) is 5.32 Å². The van der Waals surface area contributed by atoms with E-state index in [4.69, 9.17) is 5.73 Å². The Morgan fingerprint density at radius 3 is 2.07 bits per heavy atom. The van der Waals surface area contributed by atoms with E-state index >= 15 is 0 Å². The molecule has 0 aliphatic heterocycles. The minimum absolute atomic E-state index is 0.00943. The lowest BCUT2D eigenvalue weighted by Gasteiger charge is -2.06. The number of anilines is 1. The molecule has 148 valence electrons. The van der Waals surface area contributed by atoms with Crippen LogP contribution in [-0.4, -0.2) is 21.8 Å². The summed E-state index contributed by atoms with van der Waals surface area (Å²) in [7, 11) is 0. The number of hydrogen-bond donors (Lipinski definition) is 3. The molecule has 6 heteroatoms. The van der Waals surface area contributed by atoms with E-state index in [1.165, 1.54) is 0 Å². The third-order valence-corrected chi connectivity index (χ3v) is 4.69. The lowest BCUT2D eigenvalue weighted by Crippen LogP contribution is -2.18. The first-order chi connectivity index (χ1) is 14.6. The summed E-state index contributed by atoms with van der Waals surface area (Å²) in [6, 6.07) is 26.8. The molecule has 4 aromatic rings. The molecule has 1 aromatic heterocycles. The van der Waals surface area contributed by atoms with Crippen molar-refractivity contribution in [3.63, 3.8) is 0 Å². The summed E-state index contributed by atoms with van der Waals surface area (Å²) in [5.41, 5.74) is 9.02. The molecule has 0 aliphatic rings. The molecule has 0 radical (unpaired) electrons. The second-order valence-electron chi connectivity index (χ2n) is 6.83. The van der Waals surface area contributed by atoms with Crippen molar-refractivity contribution < 1.29 is 9.59 Å². The molecule has 0 aliphatic carbocycles. The number of amides is 2. The van der Waals surface area contributed by atoms with Crippen LogP contribution in [0.2, 0.25) is 0 Å². The molecular weight excluding hydrogens is 376 g/mol. The average molecular weight is 396 g/mol. The van der Waals surface area contributed by atoms with Crippen LogP contribution in [0.15, 0.2) is 84.9 Å². The molecule has 4 N–H and O–H groups in total. The summed E-state index contributed by atoms with van der Waals surface area (Å²) >= 11 is 0. The maximum atomic E-state index is 12.7. The van der Waals surface area contributed by atoms with Crippen molar-refractivity contribution in [2.45, 2.75) is 6.42 Å². The molecule has 0 bridgehead atoms. The van der Waals surface area contributed by atoms with Crippen LogP contribution in [0.25, 0.3) is 11.1 Å². The molecule has 1 heterocycles. The number of nitrogens with two attached hydrogens (primary N) is 1. The maximum Gasteiger partial charge on any atom is 0.271 e. The van der Waals surface area contributed by atoms with E-state index in [1.54, 1.807) is 12.1 Å². The second kappa shape index (κ2) is 8.45. The summed E-state index contributed by atoms with van der Waals surface area (Å²) in [6.07, 6.45) is 0.489. The van der Waals surface area contributed by atoms with Crippen LogP contribution in [-0.2, 0) is 6.42 Å². The summed E-state index contributed by atoms with van der Waals surface area (Å²) in [5, 5.41) is 2.72. The monoisotopic (exact) mass is 396 g/mol. The van der Waals surface area contributed by atoms with Gasteiger partial charge < -0.3 is 16.0 Å². The van der Waals surface area contributed by atoms with E-state index in [0.29, 0.717) is 17.8 Å². The van der Waals surface area contributed by atoms with Crippen molar-refractivity contribution in [1.29, 1.82) is 0 Å². The third-order valence-electron chi connectivity index (χ3n) is 4.69. The number of nitrogens with zero attached hydrogens (tertiary/aromatic N) is 1. The van der Waals surface area contributed by atoms with Gasteiger partial charge in [-0.1, -0.05) is 72.8 Å². The normalized spacial score (nSPS) is 10.5. The van der Waals surface area contributed by atoms with Crippen molar-refractivity contribution >= 4 is 17.6 Å². The van der Waals surface area contributed by atoms with Gasteiger partial charge in [-0.15, -0.1) is 0 Å². The molecule has 2 amide bonds. The van der Waals surface area contributed by atoms with Gasteiger partial charge in [0.1, 0.15) is 11.6 Å². The molecule has 0 saturated heterocycles. The highest BCUT2D eigenvalue weighted by atomic mass is 16.2. The molecule has 0 unspecified atom stereocenters. The van der Waals surface area contributed by atoms with Gasteiger partial charge in [0, 0.05) is 12.0 Å². The van der Waals surface area contributed by atoms with Gasteiger partial charge in [-0.05, 0) is 28.8 Å². The molecule has 0 saturated carbocycles. The Hall–Kier alpha value is -4.19. The van der Waals surface area contributed by atoms with E-state index in [1.807, 2.05) is 72.8 Å². The van der Waals surface area contributed by atoms with E-state index in [2.05, 4.69) is 15.3 Å². The third kappa shape index (κ3) is 4.28. The first kappa shape index (κ1) is 19.1. The van der Waals surface area contributed by atoms with Crippen LogP contribution in [0, 0.1) is 0 Å². The van der Waals surface area contributed by atoms with Crippen molar-refractivity contribution in [3.05, 3.63) is 108 Å². The van der Waals surface area contributed by atoms with Gasteiger partial charge in [0.25, 0.3) is 11.8 Å². The Labute approximate surface area is 173 Å². The number of carbonyl (C=O) groups is 2. The van der Waals surface area contributed by atoms with E-state index in [-0.39, 0.29) is 17.4 Å². The lowest BCUT2D eigenvalue weighted by molar-refractivity contribution is 0.0997. The molecule has 6 nitrogen and oxygen atoms in total. The Morgan fingerprint density at radius 2 is 1.43 bits per heavy atom. The largest absolute Gasteiger partial charge is 0.364 e. The Bertz CT molecular complexity index is 1170. The SMILES string of the molecule is NC(=O)c1nc(Cc2ccccc2)[nH]c1NC(=O)c1ccc(-c2ccccc2)cc1. The Balaban J connectivity index is 1.53. The number of nitrogens with one attached hydrogen (secondary N) is 2. The number of hydrogen-bond acceptors (Lipinski definition) is 3. The fourth-order valence-corrected chi connectivity index (χ4v) is 3.19. The number of primary amides is 1. The van der Waals surface area contributed by atoms with Gasteiger partial charge in [-0.2, -0.15) is 0 Å². The topological polar surface area (TPSA) is 101 Å². The zero-order valence-corrected chi connectivity index (χ0v) is 16.1. The Morgan fingerprint density at radius 1 is 0.833 bits per heavy atom. The van der Waals surface area contributed by atoms with Gasteiger partial charge in [-0.25, -0.2) is 4.98 Å². The number of carbonyl (C=O) groups excluding carboxylic acids is 2. The van der Waals surface area contributed by atoms with Crippen LogP contribution < -0.4 is 11.1 Å². The highest BCUT2D eigenvalue weighted by molar-refractivity contribution is 6.07. The quantitative estimate of drug-likeness (QED) is 0.459. The van der Waals surface area contributed by atoms with Crippen molar-refractivity contribution in [3.8, 4) is 11.1 Å². The first-order valence-corrected chi connectivity index (χ1v) is 9.49. The first-order valence-electron chi connectivity index (χ1n) is 9.49. The van der Waals surface area contributed by atoms with E-state index < -0.39 is 5.91 Å². The van der Waals surface area contributed by atoms with Crippen molar-refractivity contribution in [1.82, 2.24) is 9.97 Å². The molecule has 0 fully saturated rings. The van der Waals surface area contributed by atoms with Gasteiger partial charge in [0.2, 0.25) is 0 Å². The summed E-state index contributed by atoms with van der Waals surface area (Å²) in [4.78, 5) is 31.8. The molecule has 4 rings (SSSR count). The number of rotatable bonds is 6. The van der Waals surface area contributed by atoms with Gasteiger partial charge >= 0.3 is 0 Å². The fourth-order valence-electron chi connectivity index (χ4n) is 3.19. The van der Waals surface area contributed by atoms with Crippen LogP contribution >= 0.6 is 0 Å². The average Bonchev–Trinajstić information content (AvgIpc) is 3.17. The van der Waals surface area contributed by atoms with E-state index in [0.717, 1.165) is 16.7 Å². The highest BCUT2D eigenvalue weighted by Crippen LogP contribution is 2.20. The summed E-state index contributed by atoms with van der Waals surface area (Å²) < 4.78 is 0. The minimum atomic E-state index is -0.708. The second-order valence-corrected chi connectivity index (χ2v) is 6.83. The minimum Gasteiger partial charge on any atom is -0.364 e. The van der Waals surface area contributed by atoms with Crippen molar-refractivity contribution in [2.24, 2.45) is 5.73 Å². The molecule has 0 atom stereocenters. The lowest BCUT2D eigenvalue weighted by atomic mass is 10.0. The predicted octanol–water partition coefficient (Wildman–Crippen LogP) is 4.02. The van der Waals surface area contributed by atoms with Crippen LogP contribution in [0.3, 0.4) is 0 Å². The summed E-state index contributed by atoms with van der Waals surface area (Å²) in [6.45, 7) is 0.